The molecule has 0 aliphatic heterocycles. The molecule has 4 rings (SSSR count). The van der Waals surface area contributed by atoms with Gasteiger partial charge in [-0.1, -0.05) is 56.5 Å². The Balaban J connectivity index is 1.50. The zero-order chi connectivity index (χ0) is 22.3. The topological polar surface area (TPSA) is 62.9 Å². The van der Waals surface area contributed by atoms with Crippen LogP contribution in [0.25, 0.3) is 11.1 Å². The van der Waals surface area contributed by atoms with E-state index in [0.29, 0.717) is 23.5 Å². The van der Waals surface area contributed by atoms with Gasteiger partial charge in [-0.05, 0) is 49.1 Å². The lowest BCUT2D eigenvalue weighted by molar-refractivity contribution is 0.000931. The summed E-state index contributed by atoms with van der Waals surface area (Å²) in [6.07, 6.45) is 8.53. The van der Waals surface area contributed by atoms with Crippen molar-refractivity contribution >= 4 is 5.91 Å². The lowest BCUT2D eigenvalue weighted by atomic mass is 10.1. The smallest absolute Gasteiger partial charge is 0.256 e. The van der Waals surface area contributed by atoms with Crippen LogP contribution in [0.15, 0.2) is 71.5 Å². The second-order valence-corrected chi connectivity index (χ2v) is 8.35. The number of hydrogen-bond donors (Lipinski definition) is 1. The lowest BCUT2D eigenvalue weighted by Gasteiger charge is -2.29. The highest BCUT2D eigenvalue weighted by atomic mass is 16.5. The van der Waals surface area contributed by atoms with Gasteiger partial charge in [0.1, 0.15) is 5.75 Å². The van der Waals surface area contributed by atoms with Gasteiger partial charge in [-0.15, -0.1) is 0 Å². The number of carbonyl (C=O) groups excluding carboxylic acids is 1. The van der Waals surface area contributed by atoms with Gasteiger partial charge in [-0.25, -0.2) is 0 Å². The Kier molecular flexibility index (Phi) is 7.28. The van der Waals surface area contributed by atoms with Crippen molar-refractivity contribution in [2.24, 2.45) is 0 Å². The summed E-state index contributed by atoms with van der Waals surface area (Å²) in [6, 6.07) is 16.8. The SMILES string of the molecule is CCCCCCOc1ccccc1C(O)N(C(=O)c1ccc(-c2ccoc2)cc1)C1CC1. The summed E-state index contributed by atoms with van der Waals surface area (Å²) in [5, 5.41) is 11.3. The van der Waals surface area contributed by atoms with Crippen LogP contribution in [0.5, 0.6) is 5.75 Å². The van der Waals surface area contributed by atoms with Gasteiger partial charge in [-0.3, -0.25) is 4.79 Å². The molecule has 5 nitrogen and oxygen atoms in total. The second-order valence-electron chi connectivity index (χ2n) is 8.35. The highest BCUT2D eigenvalue weighted by Gasteiger charge is 2.38. The van der Waals surface area contributed by atoms with Crippen LogP contribution in [0.4, 0.5) is 0 Å². The molecule has 1 saturated carbocycles. The van der Waals surface area contributed by atoms with Gasteiger partial charge in [0.2, 0.25) is 0 Å². The van der Waals surface area contributed by atoms with E-state index in [4.69, 9.17) is 9.15 Å². The molecule has 1 heterocycles. The molecule has 1 aliphatic rings. The van der Waals surface area contributed by atoms with Crippen molar-refractivity contribution in [2.45, 2.75) is 57.7 Å². The largest absolute Gasteiger partial charge is 0.493 e. The molecule has 168 valence electrons. The molecular weight excluding hydrogens is 402 g/mol. The number of furan rings is 1. The monoisotopic (exact) mass is 433 g/mol. The number of carbonyl (C=O) groups is 1. The molecule has 0 radical (unpaired) electrons. The predicted octanol–water partition coefficient (Wildman–Crippen LogP) is 6.20. The molecule has 2 aromatic carbocycles. The molecule has 0 bridgehead atoms. The molecule has 3 aromatic rings. The van der Waals surface area contributed by atoms with Gasteiger partial charge in [-0.2, -0.15) is 0 Å². The quantitative estimate of drug-likeness (QED) is 0.289. The van der Waals surface area contributed by atoms with Crippen LogP contribution < -0.4 is 4.74 Å². The molecule has 32 heavy (non-hydrogen) atoms. The number of para-hydroxylation sites is 1. The summed E-state index contributed by atoms with van der Waals surface area (Å²) in [5.41, 5.74) is 3.14. The van der Waals surface area contributed by atoms with Crippen LogP contribution in [-0.4, -0.2) is 28.6 Å². The summed E-state index contributed by atoms with van der Waals surface area (Å²) in [6.45, 7) is 2.79. The molecular formula is C27H31NO4. The zero-order valence-electron chi connectivity index (χ0n) is 18.6. The molecule has 1 amide bonds. The first kappa shape index (κ1) is 22.2. The third-order valence-corrected chi connectivity index (χ3v) is 5.88. The van der Waals surface area contributed by atoms with Crippen molar-refractivity contribution in [3.8, 4) is 16.9 Å². The number of aliphatic hydroxyl groups is 1. The number of benzene rings is 2. The molecule has 1 fully saturated rings. The molecule has 1 N–H and O–H groups in total. The maximum atomic E-state index is 13.4. The highest BCUT2D eigenvalue weighted by Crippen LogP contribution is 2.37. The number of nitrogens with zero attached hydrogens (tertiary/aromatic N) is 1. The van der Waals surface area contributed by atoms with Gasteiger partial charge < -0.3 is 19.2 Å². The minimum Gasteiger partial charge on any atom is -0.493 e. The normalized spacial score (nSPS) is 14.2. The van der Waals surface area contributed by atoms with E-state index in [1.54, 1.807) is 17.4 Å². The molecule has 1 atom stereocenters. The third-order valence-electron chi connectivity index (χ3n) is 5.88. The van der Waals surface area contributed by atoms with Gasteiger partial charge in [0, 0.05) is 22.7 Å². The van der Waals surface area contributed by atoms with Gasteiger partial charge >= 0.3 is 0 Å². The van der Waals surface area contributed by atoms with E-state index in [9.17, 15) is 9.90 Å². The Morgan fingerprint density at radius 1 is 1.06 bits per heavy atom. The summed E-state index contributed by atoms with van der Waals surface area (Å²) in [4.78, 5) is 15.0. The highest BCUT2D eigenvalue weighted by molar-refractivity contribution is 5.95. The summed E-state index contributed by atoms with van der Waals surface area (Å²) in [7, 11) is 0. The molecule has 1 aromatic heterocycles. The van der Waals surface area contributed by atoms with Gasteiger partial charge in [0.05, 0.1) is 19.1 Å². The van der Waals surface area contributed by atoms with E-state index in [2.05, 4.69) is 6.92 Å². The van der Waals surface area contributed by atoms with Crippen LogP contribution in [0.1, 0.15) is 67.6 Å². The average molecular weight is 434 g/mol. The molecule has 1 unspecified atom stereocenters. The molecule has 1 aliphatic carbocycles. The van der Waals surface area contributed by atoms with Crippen molar-refractivity contribution in [3.63, 3.8) is 0 Å². The number of unbranched alkanes of at least 4 members (excludes halogenated alkanes) is 3. The number of hydrogen-bond acceptors (Lipinski definition) is 4. The fourth-order valence-corrected chi connectivity index (χ4v) is 3.90. The van der Waals surface area contributed by atoms with Crippen LogP contribution in [-0.2, 0) is 0 Å². The first-order valence-corrected chi connectivity index (χ1v) is 11.5. The summed E-state index contributed by atoms with van der Waals surface area (Å²) < 4.78 is 11.1. The number of amides is 1. The Morgan fingerprint density at radius 2 is 1.84 bits per heavy atom. The maximum Gasteiger partial charge on any atom is 0.256 e. The Hall–Kier alpha value is -3.05. The van der Waals surface area contributed by atoms with Gasteiger partial charge in [0.25, 0.3) is 5.91 Å². The van der Waals surface area contributed by atoms with Crippen LogP contribution in [0.3, 0.4) is 0 Å². The predicted molar refractivity (Wildman–Crippen MR) is 124 cm³/mol. The van der Waals surface area contributed by atoms with E-state index in [1.807, 2.05) is 54.6 Å². The first-order valence-electron chi connectivity index (χ1n) is 11.5. The fraction of sp³-hybridized carbons (Fsp3) is 0.370. The van der Waals surface area contributed by atoms with Crippen molar-refractivity contribution < 1.29 is 19.1 Å². The van der Waals surface area contributed by atoms with Crippen LogP contribution >= 0.6 is 0 Å². The van der Waals surface area contributed by atoms with E-state index in [0.717, 1.165) is 36.8 Å². The fourth-order valence-electron chi connectivity index (χ4n) is 3.90. The number of aliphatic hydroxyl groups excluding tert-OH is 1. The van der Waals surface area contributed by atoms with Crippen LogP contribution in [0, 0.1) is 0 Å². The first-order chi connectivity index (χ1) is 15.7. The van der Waals surface area contributed by atoms with Gasteiger partial charge in [0.15, 0.2) is 6.23 Å². The number of ether oxygens (including phenoxy) is 1. The zero-order valence-corrected chi connectivity index (χ0v) is 18.6. The van der Waals surface area contributed by atoms with E-state index >= 15 is 0 Å². The molecule has 0 saturated heterocycles. The third kappa shape index (κ3) is 5.22. The summed E-state index contributed by atoms with van der Waals surface area (Å²) in [5.74, 6) is 0.474. The van der Waals surface area contributed by atoms with E-state index in [-0.39, 0.29) is 11.9 Å². The van der Waals surface area contributed by atoms with E-state index in [1.165, 1.54) is 12.8 Å². The van der Waals surface area contributed by atoms with Crippen molar-refractivity contribution in [1.29, 1.82) is 0 Å². The number of rotatable bonds is 11. The minimum absolute atomic E-state index is 0.0451. The van der Waals surface area contributed by atoms with E-state index < -0.39 is 6.23 Å². The minimum atomic E-state index is -1.05. The Bertz CT molecular complexity index is 993. The molecule has 0 spiro atoms. The van der Waals surface area contributed by atoms with Crippen molar-refractivity contribution in [3.05, 3.63) is 78.3 Å². The molecule has 5 heteroatoms. The Labute approximate surface area is 189 Å². The van der Waals surface area contributed by atoms with Crippen molar-refractivity contribution in [1.82, 2.24) is 4.90 Å². The van der Waals surface area contributed by atoms with Crippen molar-refractivity contribution in [2.75, 3.05) is 6.61 Å². The second kappa shape index (κ2) is 10.5. The summed E-state index contributed by atoms with van der Waals surface area (Å²) >= 11 is 0. The maximum absolute atomic E-state index is 13.4. The Morgan fingerprint density at radius 3 is 2.53 bits per heavy atom. The average Bonchev–Trinajstić information content (AvgIpc) is 3.50. The van der Waals surface area contributed by atoms with Crippen LogP contribution in [0.2, 0.25) is 0 Å². The lowest BCUT2D eigenvalue weighted by Crippen LogP contribution is -2.37. The standard InChI is InChI=1S/C27H31NO4/c1-2-3-4-7-17-32-25-9-6-5-8-24(25)27(30)28(23-14-15-23)26(29)21-12-10-20(11-13-21)22-16-18-31-19-22/h5-6,8-13,16,18-19,23,27,30H,2-4,7,14-15,17H2,1H3.